The van der Waals surface area contributed by atoms with E-state index >= 15 is 0 Å². The average molecular weight is 387 g/mol. The number of hydrogen-bond donors (Lipinski definition) is 0. The third-order valence-electron chi connectivity index (χ3n) is 4.00. The second-order valence-corrected chi connectivity index (χ2v) is 7.57. The molecule has 1 heterocycles. The molecular formula is C19H19ClN4OS. The third kappa shape index (κ3) is 4.14. The molecule has 0 saturated heterocycles. The van der Waals surface area contributed by atoms with Gasteiger partial charge in [-0.1, -0.05) is 59.3 Å². The summed E-state index contributed by atoms with van der Waals surface area (Å²) in [4.78, 5) is 12.3. The van der Waals surface area contributed by atoms with Crippen molar-refractivity contribution in [2.24, 2.45) is 0 Å². The maximum atomic E-state index is 12.3. The van der Waals surface area contributed by atoms with Crippen LogP contribution >= 0.6 is 23.4 Å². The topological polar surface area (TPSA) is 60.7 Å². The third-order valence-corrected chi connectivity index (χ3v) is 5.34. The maximum Gasteiger partial charge on any atom is 0.214 e. The first-order valence-electron chi connectivity index (χ1n) is 8.20. The Balaban J connectivity index is 1.74. The lowest BCUT2D eigenvalue weighted by atomic mass is 10.1. The van der Waals surface area contributed by atoms with Crippen molar-refractivity contribution < 1.29 is 4.79 Å². The minimum Gasteiger partial charge on any atom is -0.298 e. The molecule has 3 aromatic rings. The van der Waals surface area contributed by atoms with E-state index in [1.807, 2.05) is 32.0 Å². The van der Waals surface area contributed by atoms with Crippen LogP contribution in [0.5, 0.6) is 0 Å². The van der Waals surface area contributed by atoms with Gasteiger partial charge in [0.05, 0.1) is 11.4 Å². The zero-order chi connectivity index (χ0) is 18.7. The van der Waals surface area contributed by atoms with Crippen molar-refractivity contribution in [1.82, 2.24) is 20.2 Å². The van der Waals surface area contributed by atoms with Gasteiger partial charge < -0.3 is 0 Å². The van der Waals surface area contributed by atoms with Gasteiger partial charge in [0.15, 0.2) is 0 Å². The van der Waals surface area contributed by atoms with E-state index in [0.29, 0.717) is 16.6 Å². The minimum atomic E-state index is 0.0787. The van der Waals surface area contributed by atoms with E-state index in [4.69, 9.17) is 11.6 Å². The summed E-state index contributed by atoms with van der Waals surface area (Å²) in [7, 11) is 0. The van der Waals surface area contributed by atoms with Crippen LogP contribution in [-0.4, -0.2) is 31.7 Å². The first kappa shape index (κ1) is 18.6. The monoisotopic (exact) mass is 386 g/mol. The average Bonchev–Trinajstić information content (AvgIpc) is 3.02. The molecular weight excluding hydrogens is 368 g/mol. The Hall–Kier alpha value is -2.18. The number of nitrogens with zero attached hydrogens (tertiary/aromatic N) is 4. The van der Waals surface area contributed by atoms with Crippen LogP contribution < -0.4 is 0 Å². The van der Waals surface area contributed by atoms with Gasteiger partial charge in [0, 0.05) is 11.4 Å². The molecule has 3 rings (SSSR count). The van der Waals surface area contributed by atoms with E-state index in [2.05, 4.69) is 34.6 Å². The molecule has 0 fully saturated rings. The molecule has 0 radical (unpaired) electrons. The maximum absolute atomic E-state index is 12.3. The van der Waals surface area contributed by atoms with Crippen molar-refractivity contribution in [3.63, 3.8) is 0 Å². The van der Waals surface area contributed by atoms with Gasteiger partial charge in [-0.2, -0.15) is 4.68 Å². The Bertz CT molecular complexity index is 931. The number of carbonyl (C=O) groups excluding carboxylic acids is 1. The quantitative estimate of drug-likeness (QED) is 0.595. The molecule has 0 unspecified atom stereocenters. The zero-order valence-electron chi connectivity index (χ0n) is 14.9. The lowest BCUT2D eigenvalue weighted by Crippen LogP contribution is -2.09. The van der Waals surface area contributed by atoms with Gasteiger partial charge in [-0.3, -0.25) is 4.79 Å². The van der Waals surface area contributed by atoms with Gasteiger partial charge in [0.25, 0.3) is 0 Å². The molecule has 0 saturated carbocycles. The van der Waals surface area contributed by atoms with Crippen LogP contribution in [0.3, 0.4) is 0 Å². The number of Topliss-reactive ketones (excluding diaryl/α,β-unsaturated/α-hetero) is 1. The number of benzene rings is 2. The van der Waals surface area contributed by atoms with Gasteiger partial charge in [-0.25, -0.2) is 0 Å². The van der Waals surface area contributed by atoms with Crippen LogP contribution in [0, 0.1) is 20.8 Å². The Kier molecular flexibility index (Phi) is 5.74. The predicted octanol–water partition coefficient (Wildman–Crippen LogP) is 4.14. The molecule has 2 aromatic carbocycles. The van der Waals surface area contributed by atoms with Crippen molar-refractivity contribution >= 4 is 29.1 Å². The molecule has 1 aromatic heterocycles. The van der Waals surface area contributed by atoms with E-state index in [0.717, 1.165) is 22.4 Å². The van der Waals surface area contributed by atoms with Crippen molar-refractivity contribution in [1.29, 1.82) is 0 Å². The normalized spacial score (nSPS) is 10.9. The number of aryl methyl sites for hydroxylation is 3. The number of tetrazole rings is 1. The number of halogens is 1. The number of hydrogen-bond acceptors (Lipinski definition) is 5. The Morgan fingerprint density at radius 1 is 1.15 bits per heavy atom. The molecule has 0 atom stereocenters. The molecule has 26 heavy (non-hydrogen) atoms. The van der Waals surface area contributed by atoms with E-state index in [1.165, 1.54) is 17.3 Å². The Morgan fingerprint density at radius 2 is 1.85 bits per heavy atom. The zero-order valence-corrected chi connectivity index (χ0v) is 16.4. The second-order valence-electron chi connectivity index (χ2n) is 6.22. The fourth-order valence-corrected chi connectivity index (χ4v) is 3.91. The predicted molar refractivity (Wildman–Crippen MR) is 104 cm³/mol. The molecule has 0 amide bonds. The van der Waals surface area contributed by atoms with Gasteiger partial charge in [-0.05, 0) is 54.0 Å². The first-order chi connectivity index (χ1) is 12.5. The van der Waals surface area contributed by atoms with Crippen LogP contribution in [-0.2, 0) is 11.2 Å². The largest absolute Gasteiger partial charge is 0.298 e. The summed E-state index contributed by atoms with van der Waals surface area (Å²) < 4.78 is 1.71. The molecule has 0 aliphatic heterocycles. The fourth-order valence-electron chi connectivity index (χ4n) is 2.97. The van der Waals surface area contributed by atoms with Gasteiger partial charge in [-0.15, -0.1) is 5.10 Å². The summed E-state index contributed by atoms with van der Waals surface area (Å²) in [6, 6.07) is 11.6. The standard InChI is InChI=1S/C19H19ClN4OS/c1-12-8-13(2)18(14(3)9-12)24-19(21-22-23-24)26-11-16(25)10-15-6-4-5-7-17(15)20/h4-9H,10-11H2,1-3H3. The van der Waals surface area contributed by atoms with Crippen molar-refractivity contribution in [3.05, 3.63) is 63.7 Å². The highest BCUT2D eigenvalue weighted by Crippen LogP contribution is 2.25. The van der Waals surface area contributed by atoms with Gasteiger partial charge in [0.2, 0.25) is 5.16 Å². The summed E-state index contributed by atoms with van der Waals surface area (Å²) in [5.41, 5.74) is 5.19. The van der Waals surface area contributed by atoms with Crippen LogP contribution in [0.25, 0.3) is 5.69 Å². The van der Waals surface area contributed by atoms with E-state index in [1.54, 1.807) is 10.7 Å². The molecule has 0 bridgehead atoms. The number of rotatable bonds is 6. The Morgan fingerprint density at radius 3 is 2.54 bits per heavy atom. The number of aromatic nitrogens is 4. The van der Waals surface area contributed by atoms with E-state index in [-0.39, 0.29) is 11.5 Å². The highest BCUT2D eigenvalue weighted by Gasteiger charge is 2.16. The van der Waals surface area contributed by atoms with Gasteiger partial charge in [0.1, 0.15) is 5.78 Å². The van der Waals surface area contributed by atoms with E-state index in [9.17, 15) is 4.79 Å². The molecule has 0 N–H and O–H groups in total. The number of thioether (sulfide) groups is 1. The molecule has 0 aliphatic rings. The van der Waals surface area contributed by atoms with Crippen molar-refractivity contribution in [2.45, 2.75) is 32.3 Å². The van der Waals surface area contributed by atoms with Crippen LogP contribution in [0.4, 0.5) is 0 Å². The van der Waals surface area contributed by atoms with Gasteiger partial charge >= 0.3 is 0 Å². The highest BCUT2D eigenvalue weighted by molar-refractivity contribution is 7.99. The van der Waals surface area contributed by atoms with Crippen LogP contribution in [0.2, 0.25) is 5.02 Å². The summed E-state index contributed by atoms with van der Waals surface area (Å²) in [5.74, 6) is 0.366. The van der Waals surface area contributed by atoms with Crippen LogP contribution in [0.1, 0.15) is 22.3 Å². The summed E-state index contributed by atoms with van der Waals surface area (Å²) in [5, 5.41) is 13.2. The van der Waals surface area contributed by atoms with E-state index < -0.39 is 0 Å². The number of ketones is 1. The Labute approximate surface area is 161 Å². The number of carbonyl (C=O) groups is 1. The smallest absolute Gasteiger partial charge is 0.214 e. The lowest BCUT2D eigenvalue weighted by Gasteiger charge is -2.12. The minimum absolute atomic E-state index is 0.0787. The summed E-state index contributed by atoms with van der Waals surface area (Å²) >= 11 is 7.46. The molecule has 134 valence electrons. The van der Waals surface area contributed by atoms with Crippen LogP contribution in [0.15, 0.2) is 41.6 Å². The van der Waals surface area contributed by atoms with Crippen molar-refractivity contribution in [2.75, 3.05) is 5.75 Å². The highest BCUT2D eigenvalue weighted by atomic mass is 35.5. The SMILES string of the molecule is Cc1cc(C)c(-n2nnnc2SCC(=O)Cc2ccccc2Cl)c(C)c1. The molecule has 5 nitrogen and oxygen atoms in total. The first-order valence-corrected chi connectivity index (χ1v) is 9.56. The summed E-state index contributed by atoms with van der Waals surface area (Å²) in [6.07, 6.45) is 0.302. The summed E-state index contributed by atoms with van der Waals surface area (Å²) in [6.45, 7) is 6.13. The second kappa shape index (κ2) is 8.01. The molecule has 0 aliphatic carbocycles. The lowest BCUT2D eigenvalue weighted by molar-refractivity contribution is -0.116. The molecule has 0 spiro atoms. The molecule has 7 heteroatoms. The fraction of sp³-hybridized carbons (Fsp3) is 0.263. The van der Waals surface area contributed by atoms with Crippen molar-refractivity contribution in [3.8, 4) is 5.69 Å².